The fourth-order valence-corrected chi connectivity index (χ4v) is 3.43. The number of nitrogens with zero attached hydrogens (tertiary/aromatic N) is 3. The second-order valence-electron chi connectivity index (χ2n) is 7.22. The third kappa shape index (κ3) is 4.61. The zero-order valence-electron chi connectivity index (χ0n) is 17.5. The molecule has 0 aliphatic carbocycles. The Morgan fingerprint density at radius 1 is 1.21 bits per heavy atom. The van der Waals surface area contributed by atoms with Crippen molar-refractivity contribution in [2.45, 2.75) is 45.3 Å². The van der Waals surface area contributed by atoms with Gasteiger partial charge in [-0.05, 0) is 32.4 Å². The second kappa shape index (κ2) is 9.13. The smallest absolute Gasteiger partial charge is 0.241 e. The monoisotopic (exact) mass is 404 g/mol. The number of rotatable bonds is 9. The number of hydrogen-bond donors (Lipinski definition) is 1. The Labute approximate surface area is 170 Å². The average Bonchev–Trinajstić information content (AvgIpc) is 3.34. The van der Waals surface area contributed by atoms with Gasteiger partial charge < -0.3 is 24.1 Å². The van der Waals surface area contributed by atoms with E-state index in [4.69, 9.17) is 18.7 Å². The predicted molar refractivity (Wildman–Crippen MR) is 106 cm³/mol. The number of carbonyl (C=O) groups is 1. The first-order valence-corrected chi connectivity index (χ1v) is 9.62. The summed E-state index contributed by atoms with van der Waals surface area (Å²) in [6.07, 6.45) is 1.43. The molecule has 158 valence electrons. The molecule has 1 aromatic carbocycles. The fraction of sp³-hybridized carbons (Fsp3) is 0.550. The van der Waals surface area contributed by atoms with Gasteiger partial charge >= 0.3 is 0 Å². The van der Waals surface area contributed by atoms with Crippen LogP contribution in [0.15, 0.2) is 16.7 Å². The van der Waals surface area contributed by atoms with E-state index >= 15 is 0 Å². The highest BCUT2D eigenvalue weighted by Gasteiger charge is 2.26. The number of nitrogens with one attached hydrogen (secondary N) is 1. The number of methoxy groups -OCH3 is 3. The second-order valence-corrected chi connectivity index (χ2v) is 7.22. The lowest BCUT2D eigenvalue weighted by Crippen LogP contribution is -2.41. The highest BCUT2D eigenvalue weighted by molar-refractivity contribution is 5.78. The molecule has 9 heteroatoms. The molecule has 1 amide bonds. The third-order valence-corrected chi connectivity index (χ3v) is 5.02. The standard InChI is InChI=1S/C20H28N4O5/c1-12(2)24(10-13-6-9-16(25)21-13)11-17-22-20(23-29-17)14-7-8-15(26-3)19(28-5)18(14)27-4/h7-8,12-13H,6,9-11H2,1-5H3,(H,21,25)/t13-/m1/s1. The van der Waals surface area contributed by atoms with Gasteiger partial charge in [0.2, 0.25) is 23.4 Å². The zero-order chi connectivity index (χ0) is 21.0. The van der Waals surface area contributed by atoms with Crippen molar-refractivity contribution >= 4 is 5.91 Å². The van der Waals surface area contributed by atoms with Gasteiger partial charge in [0.15, 0.2) is 11.5 Å². The summed E-state index contributed by atoms with van der Waals surface area (Å²) in [6, 6.07) is 4.00. The molecular formula is C20H28N4O5. The Bertz CT molecular complexity index is 851. The van der Waals surface area contributed by atoms with Crippen LogP contribution < -0.4 is 19.5 Å². The Morgan fingerprint density at radius 2 is 1.97 bits per heavy atom. The molecule has 0 saturated carbocycles. The molecule has 1 N–H and O–H groups in total. The largest absolute Gasteiger partial charge is 0.493 e. The van der Waals surface area contributed by atoms with E-state index in [1.54, 1.807) is 27.4 Å². The molecule has 0 radical (unpaired) electrons. The molecule has 1 atom stereocenters. The number of aromatic nitrogens is 2. The average molecular weight is 404 g/mol. The van der Waals surface area contributed by atoms with Gasteiger partial charge in [-0.3, -0.25) is 9.69 Å². The van der Waals surface area contributed by atoms with Crippen molar-refractivity contribution in [3.63, 3.8) is 0 Å². The summed E-state index contributed by atoms with van der Waals surface area (Å²) in [4.78, 5) is 18.2. The van der Waals surface area contributed by atoms with Crippen LogP contribution in [0.2, 0.25) is 0 Å². The van der Waals surface area contributed by atoms with Gasteiger partial charge in [-0.25, -0.2) is 0 Å². The quantitative estimate of drug-likeness (QED) is 0.679. The maximum atomic E-state index is 11.5. The van der Waals surface area contributed by atoms with Crippen LogP contribution >= 0.6 is 0 Å². The van der Waals surface area contributed by atoms with Crippen LogP contribution in [0.4, 0.5) is 0 Å². The lowest BCUT2D eigenvalue weighted by Gasteiger charge is -2.27. The number of hydrogen-bond acceptors (Lipinski definition) is 8. The SMILES string of the molecule is COc1ccc(-c2noc(CN(C[C@H]3CCC(=O)N3)C(C)C)n2)c(OC)c1OC. The Morgan fingerprint density at radius 3 is 2.55 bits per heavy atom. The minimum atomic E-state index is 0.110. The summed E-state index contributed by atoms with van der Waals surface area (Å²) < 4.78 is 21.8. The molecule has 2 aromatic rings. The first kappa shape index (κ1) is 20.9. The summed E-state index contributed by atoms with van der Waals surface area (Å²) in [5, 5.41) is 7.13. The molecule has 29 heavy (non-hydrogen) atoms. The van der Waals surface area contributed by atoms with E-state index in [-0.39, 0.29) is 18.0 Å². The molecule has 1 fully saturated rings. The summed E-state index contributed by atoms with van der Waals surface area (Å²) in [5.74, 6) is 2.53. The molecule has 2 heterocycles. The van der Waals surface area contributed by atoms with Gasteiger partial charge in [-0.1, -0.05) is 5.16 Å². The number of carbonyl (C=O) groups excluding carboxylic acids is 1. The van der Waals surface area contributed by atoms with Crippen LogP contribution in [0.5, 0.6) is 17.2 Å². The molecule has 0 spiro atoms. The third-order valence-electron chi connectivity index (χ3n) is 5.02. The Balaban J connectivity index is 1.80. The van der Waals surface area contributed by atoms with Crippen LogP contribution in [0.1, 0.15) is 32.6 Å². The van der Waals surface area contributed by atoms with E-state index < -0.39 is 0 Å². The highest BCUT2D eigenvalue weighted by Crippen LogP contribution is 2.43. The molecule has 1 saturated heterocycles. The van der Waals surface area contributed by atoms with Gasteiger partial charge in [0, 0.05) is 25.0 Å². The zero-order valence-corrected chi connectivity index (χ0v) is 17.5. The molecule has 1 aliphatic heterocycles. The molecule has 1 aliphatic rings. The molecule has 0 unspecified atom stereocenters. The van der Waals surface area contributed by atoms with Crippen molar-refractivity contribution < 1.29 is 23.5 Å². The molecule has 1 aromatic heterocycles. The van der Waals surface area contributed by atoms with E-state index in [0.29, 0.717) is 47.5 Å². The van der Waals surface area contributed by atoms with Crippen molar-refractivity contribution in [1.82, 2.24) is 20.4 Å². The number of benzene rings is 1. The lowest BCUT2D eigenvalue weighted by atomic mass is 10.1. The first-order chi connectivity index (χ1) is 14.0. The van der Waals surface area contributed by atoms with Crippen LogP contribution in [0.3, 0.4) is 0 Å². The van der Waals surface area contributed by atoms with Crippen LogP contribution in [-0.4, -0.2) is 60.9 Å². The van der Waals surface area contributed by atoms with Crippen molar-refractivity contribution in [1.29, 1.82) is 0 Å². The van der Waals surface area contributed by atoms with Gasteiger partial charge in [0.05, 0.1) is 33.4 Å². The van der Waals surface area contributed by atoms with E-state index in [9.17, 15) is 4.79 Å². The molecule has 0 bridgehead atoms. The van der Waals surface area contributed by atoms with Crippen LogP contribution in [0.25, 0.3) is 11.4 Å². The highest BCUT2D eigenvalue weighted by atomic mass is 16.5. The molecule has 9 nitrogen and oxygen atoms in total. The Kier molecular flexibility index (Phi) is 6.58. The first-order valence-electron chi connectivity index (χ1n) is 9.62. The van der Waals surface area contributed by atoms with Crippen molar-refractivity contribution in [3.8, 4) is 28.6 Å². The van der Waals surface area contributed by atoms with Crippen molar-refractivity contribution in [3.05, 3.63) is 18.0 Å². The van der Waals surface area contributed by atoms with E-state index in [1.807, 2.05) is 6.07 Å². The van der Waals surface area contributed by atoms with Crippen LogP contribution in [-0.2, 0) is 11.3 Å². The predicted octanol–water partition coefficient (Wildman–Crippen LogP) is 2.25. The van der Waals surface area contributed by atoms with Gasteiger partial charge in [-0.2, -0.15) is 4.98 Å². The van der Waals surface area contributed by atoms with Crippen molar-refractivity contribution in [2.75, 3.05) is 27.9 Å². The summed E-state index contributed by atoms with van der Waals surface area (Å²) in [7, 11) is 4.67. The maximum Gasteiger partial charge on any atom is 0.241 e. The van der Waals surface area contributed by atoms with Gasteiger partial charge in [0.1, 0.15) is 0 Å². The molecule has 3 rings (SSSR count). The topological polar surface area (TPSA) is 99.0 Å². The Hall–Kier alpha value is -2.81. The summed E-state index contributed by atoms with van der Waals surface area (Å²) in [5.41, 5.74) is 0.652. The summed E-state index contributed by atoms with van der Waals surface area (Å²) in [6.45, 7) is 5.43. The van der Waals surface area contributed by atoms with Crippen molar-refractivity contribution in [2.24, 2.45) is 0 Å². The normalized spacial score (nSPS) is 16.4. The maximum absolute atomic E-state index is 11.5. The molecular weight excluding hydrogens is 376 g/mol. The van der Waals surface area contributed by atoms with E-state index in [1.165, 1.54) is 0 Å². The number of ether oxygens (including phenoxy) is 3. The minimum absolute atomic E-state index is 0.110. The van der Waals surface area contributed by atoms with Crippen LogP contribution in [0, 0.1) is 0 Å². The van der Waals surface area contributed by atoms with Gasteiger partial charge in [0.25, 0.3) is 0 Å². The van der Waals surface area contributed by atoms with E-state index in [2.05, 4.69) is 34.2 Å². The summed E-state index contributed by atoms with van der Waals surface area (Å²) >= 11 is 0. The minimum Gasteiger partial charge on any atom is -0.493 e. The van der Waals surface area contributed by atoms with E-state index in [0.717, 1.165) is 13.0 Å². The lowest BCUT2D eigenvalue weighted by molar-refractivity contribution is -0.119. The fourth-order valence-electron chi connectivity index (χ4n) is 3.43. The van der Waals surface area contributed by atoms with Gasteiger partial charge in [-0.15, -0.1) is 0 Å². The number of amides is 1.